The van der Waals surface area contributed by atoms with Gasteiger partial charge in [-0.05, 0) is 42.5 Å². The number of hydrogen-bond acceptors (Lipinski definition) is 5. The van der Waals surface area contributed by atoms with Crippen molar-refractivity contribution >= 4 is 27.9 Å². The molecule has 0 aliphatic carbocycles. The molecule has 1 unspecified atom stereocenters. The van der Waals surface area contributed by atoms with E-state index >= 15 is 0 Å². The second-order valence-electron chi connectivity index (χ2n) is 5.47. The van der Waals surface area contributed by atoms with Gasteiger partial charge in [-0.1, -0.05) is 18.2 Å². The van der Waals surface area contributed by atoms with Gasteiger partial charge in [0.15, 0.2) is 9.79 Å². The molecule has 4 aromatic rings. The highest BCUT2D eigenvalue weighted by molar-refractivity contribution is 7.91. The summed E-state index contributed by atoms with van der Waals surface area (Å²) in [6.07, 6.45) is 0. The first-order valence-electron chi connectivity index (χ1n) is 7.54. The Balaban J connectivity index is 1.76. The maximum atomic E-state index is 12.7. The minimum atomic E-state index is -1.29. The fraction of sp³-hybridized carbons (Fsp3) is 0. The molecule has 0 aliphatic rings. The van der Waals surface area contributed by atoms with Crippen LogP contribution >= 0.6 is 0 Å². The number of anilines is 1. The molecule has 25 heavy (non-hydrogen) atoms. The van der Waals surface area contributed by atoms with E-state index in [1.807, 2.05) is 30.3 Å². The van der Waals surface area contributed by atoms with Crippen molar-refractivity contribution in [1.82, 2.24) is 15.0 Å². The highest BCUT2D eigenvalue weighted by Crippen LogP contribution is 2.26. The van der Waals surface area contributed by atoms with Crippen LogP contribution in [-0.4, -0.2) is 24.7 Å². The van der Waals surface area contributed by atoms with E-state index in [0.717, 1.165) is 4.90 Å². The second kappa shape index (κ2) is 6.12. The van der Waals surface area contributed by atoms with Crippen LogP contribution in [0.3, 0.4) is 0 Å². The minimum Gasteiger partial charge on any atom is -0.606 e. The van der Waals surface area contributed by atoms with Crippen LogP contribution < -0.4 is 5.73 Å². The third-order valence-corrected chi connectivity index (χ3v) is 5.12. The van der Waals surface area contributed by atoms with E-state index in [0.29, 0.717) is 27.3 Å². The monoisotopic (exact) mass is 350 g/mol. The van der Waals surface area contributed by atoms with Crippen LogP contribution in [0.25, 0.3) is 16.7 Å². The van der Waals surface area contributed by atoms with Gasteiger partial charge in [0, 0.05) is 22.9 Å². The molecule has 0 aliphatic heterocycles. The quantitative estimate of drug-likeness (QED) is 0.336. The Morgan fingerprint density at radius 1 is 0.880 bits per heavy atom. The lowest BCUT2D eigenvalue weighted by Gasteiger charge is -2.08. The van der Waals surface area contributed by atoms with Gasteiger partial charge >= 0.3 is 0 Å². The van der Waals surface area contributed by atoms with E-state index in [1.54, 1.807) is 30.3 Å². The van der Waals surface area contributed by atoms with Crippen molar-refractivity contribution in [3.05, 3.63) is 66.7 Å². The number of fused-ring (bicyclic) bond motifs is 1. The molecule has 7 heteroatoms. The van der Waals surface area contributed by atoms with E-state index < -0.39 is 11.2 Å². The van der Waals surface area contributed by atoms with Crippen molar-refractivity contribution in [2.45, 2.75) is 9.79 Å². The Morgan fingerprint density at radius 3 is 2.44 bits per heavy atom. The van der Waals surface area contributed by atoms with Crippen LogP contribution in [0.4, 0.5) is 5.69 Å². The van der Waals surface area contributed by atoms with Crippen LogP contribution in [0.5, 0.6) is 5.75 Å². The number of rotatable bonds is 3. The van der Waals surface area contributed by atoms with Gasteiger partial charge in [-0.3, -0.25) is 0 Å². The van der Waals surface area contributed by atoms with Gasteiger partial charge < -0.3 is 15.4 Å². The number of aromatic hydroxyl groups is 1. The fourth-order valence-electron chi connectivity index (χ4n) is 2.50. The lowest BCUT2D eigenvalue weighted by molar-refractivity contribution is 0.468. The zero-order chi connectivity index (χ0) is 17.4. The summed E-state index contributed by atoms with van der Waals surface area (Å²) in [7, 11) is 0. The summed E-state index contributed by atoms with van der Waals surface area (Å²) >= 11 is -1.29. The number of nitrogens with zero attached hydrogens (tertiary/aromatic N) is 3. The molecule has 0 amide bonds. The molecular weight excluding hydrogens is 336 g/mol. The number of nitrogen functional groups attached to an aromatic ring is 1. The van der Waals surface area contributed by atoms with E-state index in [1.165, 1.54) is 10.9 Å². The van der Waals surface area contributed by atoms with E-state index in [2.05, 4.69) is 10.2 Å². The molecule has 3 N–H and O–H groups in total. The average Bonchev–Trinajstić information content (AvgIpc) is 3.06. The Morgan fingerprint density at radius 2 is 1.64 bits per heavy atom. The van der Waals surface area contributed by atoms with Crippen LogP contribution in [0.15, 0.2) is 76.5 Å². The molecule has 0 saturated carbocycles. The molecule has 3 aromatic carbocycles. The lowest BCUT2D eigenvalue weighted by Crippen LogP contribution is -2.01. The maximum absolute atomic E-state index is 12.7. The summed E-state index contributed by atoms with van der Waals surface area (Å²) in [5.41, 5.74) is 7.88. The van der Waals surface area contributed by atoms with Gasteiger partial charge in [-0.25, -0.2) is 0 Å². The van der Waals surface area contributed by atoms with E-state index in [-0.39, 0.29) is 5.75 Å². The Labute approximate surface area is 146 Å². The van der Waals surface area contributed by atoms with E-state index in [4.69, 9.17) is 5.73 Å². The second-order valence-corrected chi connectivity index (χ2v) is 6.95. The molecule has 0 bridgehead atoms. The number of hydrogen-bond donors (Lipinski definition) is 2. The van der Waals surface area contributed by atoms with Crippen molar-refractivity contribution in [2.75, 3.05) is 5.73 Å². The standard InChI is InChI=1S/C18H14N4O2S/c19-12-6-9-18(23)17(10-12)22-20-15-8-7-14(11-16(15)21-22)25(24)13-4-2-1-3-5-13/h1-11,23H,19H2. The molecule has 1 heterocycles. The molecule has 0 fully saturated rings. The smallest absolute Gasteiger partial charge is 0.160 e. The molecule has 0 spiro atoms. The Bertz CT molecular complexity index is 1050. The Hall–Kier alpha value is -3.03. The predicted molar refractivity (Wildman–Crippen MR) is 96.1 cm³/mol. The van der Waals surface area contributed by atoms with Crippen molar-refractivity contribution in [2.24, 2.45) is 0 Å². The van der Waals surface area contributed by atoms with Gasteiger partial charge in [-0.2, -0.15) is 0 Å². The third-order valence-electron chi connectivity index (χ3n) is 3.74. The summed E-state index contributed by atoms with van der Waals surface area (Å²) in [5, 5.41) is 18.7. The lowest BCUT2D eigenvalue weighted by atomic mass is 10.2. The van der Waals surface area contributed by atoms with Crippen molar-refractivity contribution in [3.8, 4) is 11.4 Å². The summed E-state index contributed by atoms with van der Waals surface area (Å²) in [5.74, 6) is 0.0302. The highest BCUT2D eigenvalue weighted by atomic mass is 32.2. The topological polar surface area (TPSA) is 100 Å². The molecule has 0 radical (unpaired) electrons. The largest absolute Gasteiger partial charge is 0.606 e. The number of aromatic nitrogens is 3. The maximum Gasteiger partial charge on any atom is 0.160 e. The molecule has 0 saturated heterocycles. The minimum absolute atomic E-state index is 0.0302. The van der Waals surface area contributed by atoms with Crippen molar-refractivity contribution in [3.63, 3.8) is 0 Å². The molecular formula is C18H14N4O2S. The van der Waals surface area contributed by atoms with Crippen LogP contribution in [0, 0.1) is 0 Å². The SMILES string of the molecule is Nc1ccc(O)c(-n2nc3ccc([S+]([O-])c4ccccc4)cc3n2)c1. The molecule has 6 nitrogen and oxygen atoms in total. The summed E-state index contributed by atoms with van der Waals surface area (Å²) in [4.78, 5) is 2.69. The molecule has 1 atom stereocenters. The van der Waals surface area contributed by atoms with Gasteiger partial charge in [0.05, 0.1) is 0 Å². The summed E-state index contributed by atoms with van der Waals surface area (Å²) in [6.45, 7) is 0. The fourth-order valence-corrected chi connectivity index (χ4v) is 3.59. The number of phenolic OH excluding ortho intramolecular Hbond substituents is 1. The van der Waals surface area contributed by atoms with Crippen LogP contribution in [-0.2, 0) is 11.2 Å². The first kappa shape index (κ1) is 15.5. The average molecular weight is 350 g/mol. The van der Waals surface area contributed by atoms with Gasteiger partial charge in [-0.15, -0.1) is 15.0 Å². The van der Waals surface area contributed by atoms with Crippen LogP contribution in [0.1, 0.15) is 0 Å². The molecule has 124 valence electrons. The van der Waals surface area contributed by atoms with Crippen LogP contribution in [0.2, 0.25) is 0 Å². The first-order chi connectivity index (χ1) is 12.1. The normalized spacial score (nSPS) is 12.4. The number of benzene rings is 3. The Kier molecular flexibility index (Phi) is 3.79. The third kappa shape index (κ3) is 2.90. The number of nitrogens with two attached hydrogens (primary N) is 1. The zero-order valence-corrected chi connectivity index (χ0v) is 13.9. The molecule has 4 rings (SSSR count). The summed E-state index contributed by atoms with van der Waals surface area (Å²) in [6, 6.07) is 19.2. The summed E-state index contributed by atoms with van der Waals surface area (Å²) < 4.78 is 12.7. The first-order valence-corrected chi connectivity index (χ1v) is 8.69. The van der Waals surface area contributed by atoms with Gasteiger partial charge in [0.1, 0.15) is 22.5 Å². The van der Waals surface area contributed by atoms with Gasteiger partial charge in [0.2, 0.25) is 0 Å². The zero-order valence-electron chi connectivity index (χ0n) is 13.0. The highest BCUT2D eigenvalue weighted by Gasteiger charge is 2.17. The van der Waals surface area contributed by atoms with Crippen molar-refractivity contribution < 1.29 is 9.66 Å². The predicted octanol–water partition coefficient (Wildman–Crippen LogP) is 2.88. The van der Waals surface area contributed by atoms with Crippen molar-refractivity contribution in [1.29, 1.82) is 0 Å². The molecule has 1 aromatic heterocycles. The van der Waals surface area contributed by atoms with Gasteiger partial charge in [0.25, 0.3) is 0 Å². The number of phenols is 1. The van der Waals surface area contributed by atoms with E-state index in [9.17, 15) is 9.66 Å².